The maximum Gasteiger partial charge on any atom is 0.244 e. The molecule has 1 fully saturated rings. The molecule has 4 nitrogen and oxygen atoms in total. The summed E-state index contributed by atoms with van der Waals surface area (Å²) < 4.78 is 6.03. The number of nitrogens with two attached hydrogens (primary N) is 1. The highest BCUT2D eigenvalue weighted by molar-refractivity contribution is 9.10. The zero-order valence-corrected chi connectivity index (χ0v) is 11.2. The van der Waals surface area contributed by atoms with Crippen molar-refractivity contribution in [3.8, 4) is 5.75 Å². The van der Waals surface area contributed by atoms with E-state index in [0.717, 1.165) is 35.0 Å². The Morgan fingerprint density at radius 2 is 2.24 bits per heavy atom. The Balaban J connectivity index is 2.38. The fourth-order valence-corrected chi connectivity index (χ4v) is 2.82. The van der Waals surface area contributed by atoms with Crippen LogP contribution >= 0.6 is 15.9 Å². The number of halogens is 1. The van der Waals surface area contributed by atoms with Crippen molar-refractivity contribution >= 4 is 21.8 Å². The van der Waals surface area contributed by atoms with Gasteiger partial charge in [-0.2, -0.15) is 0 Å². The first-order valence-electron chi connectivity index (χ1n) is 5.49. The van der Waals surface area contributed by atoms with Gasteiger partial charge in [0.15, 0.2) is 0 Å². The predicted molar refractivity (Wildman–Crippen MR) is 68.6 cm³/mol. The van der Waals surface area contributed by atoms with Gasteiger partial charge in [0.1, 0.15) is 5.75 Å². The van der Waals surface area contributed by atoms with Gasteiger partial charge in [-0.3, -0.25) is 10.2 Å². The average molecular weight is 299 g/mol. The van der Waals surface area contributed by atoms with E-state index >= 15 is 0 Å². The first kappa shape index (κ1) is 12.4. The van der Waals surface area contributed by atoms with Crippen LogP contribution in [0.25, 0.3) is 0 Å². The molecule has 3 N–H and O–H groups in total. The number of carbonyl (C=O) groups excluding carboxylic acids is 1. The third kappa shape index (κ3) is 1.93. The van der Waals surface area contributed by atoms with Gasteiger partial charge in [0.05, 0.1) is 17.0 Å². The minimum Gasteiger partial charge on any atom is -0.496 e. The van der Waals surface area contributed by atoms with E-state index in [4.69, 9.17) is 10.6 Å². The first-order chi connectivity index (χ1) is 8.14. The molecule has 0 aromatic heterocycles. The van der Waals surface area contributed by atoms with Gasteiger partial charge < -0.3 is 4.74 Å². The number of rotatable bonds is 3. The van der Waals surface area contributed by atoms with Gasteiger partial charge >= 0.3 is 0 Å². The van der Waals surface area contributed by atoms with Crippen molar-refractivity contribution in [2.24, 2.45) is 5.84 Å². The van der Waals surface area contributed by atoms with Crippen LogP contribution in [0.2, 0.25) is 0 Å². The van der Waals surface area contributed by atoms with E-state index in [1.165, 1.54) is 0 Å². The van der Waals surface area contributed by atoms with Crippen molar-refractivity contribution < 1.29 is 9.53 Å². The molecule has 0 saturated heterocycles. The van der Waals surface area contributed by atoms with Crippen molar-refractivity contribution in [3.63, 3.8) is 0 Å². The molecule has 0 spiro atoms. The summed E-state index contributed by atoms with van der Waals surface area (Å²) in [6, 6.07) is 5.73. The summed E-state index contributed by atoms with van der Waals surface area (Å²) >= 11 is 3.44. The highest BCUT2D eigenvalue weighted by Crippen LogP contribution is 2.45. The van der Waals surface area contributed by atoms with Crippen molar-refractivity contribution in [2.75, 3.05) is 7.11 Å². The molecule has 1 aliphatic rings. The Morgan fingerprint density at radius 1 is 1.53 bits per heavy atom. The Bertz CT molecular complexity index is 444. The van der Waals surface area contributed by atoms with Crippen molar-refractivity contribution in [1.82, 2.24) is 5.43 Å². The van der Waals surface area contributed by atoms with Crippen LogP contribution < -0.4 is 16.0 Å². The Hall–Kier alpha value is -1.07. The minimum absolute atomic E-state index is 0.110. The van der Waals surface area contributed by atoms with Crippen LogP contribution in [0.3, 0.4) is 0 Å². The minimum atomic E-state index is -0.455. The zero-order valence-electron chi connectivity index (χ0n) is 9.63. The van der Waals surface area contributed by atoms with E-state index in [1.807, 2.05) is 18.2 Å². The molecule has 0 unspecified atom stereocenters. The van der Waals surface area contributed by atoms with E-state index in [-0.39, 0.29) is 5.91 Å². The monoisotopic (exact) mass is 298 g/mol. The summed E-state index contributed by atoms with van der Waals surface area (Å²) in [7, 11) is 1.62. The molecule has 17 heavy (non-hydrogen) atoms. The normalized spacial score (nSPS) is 17.1. The van der Waals surface area contributed by atoms with Gasteiger partial charge in [-0.05, 0) is 46.5 Å². The van der Waals surface area contributed by atoms with E-state index in [1.54, 1.807) is 7.11 Å². The lowest BCUT2D eigenvalue weighted by atomic mass is 9.64. The van der Waals surface area contributed by atoms with E-state index in [0.29, 0.717) is 0 Å². The second-order valence-corrected chi connectivity index (χ2v) is 5.11. The van der Waals surface area contributed by atoms with Gasteiger partial charge in [0.2, 0.25) is 5.91 Å². The third-order valence-corrected chi connectivity index (χ3v) is 4.10. The highest BCUT2D eigenvalue weighted by Gasteiger charge is 2.45. The van der Waals surface area contributed by atoms with Crippen LogP contribution in [0.5, 0.6) is 5.75 Å². The molecule has 1 aliphatic carbocycles. The van der Waals surface area contributed by atoms with E-state index < -0.39 is 5.41 Å². The first-order valence-corrected chi connectivity index (χ1v) is 6.28. The summed E-state index contributed by atoms with van der Waals surface area (Å²) in [6.07, 6.45) is 2.74. The summed E-state index contributed by atoms with van der Waals surface area (Å²) in [5.74, 6) is 5.91. The van der Waals surface area contributed by atoms with Gasteiger partial charge in [-0.1, -0.05) is 12.5 Å². The molecule has 5 heteroatoms. The Labute approximate surface area is 109 Å². The van der Waals surface area contributed by atoms with Crippen LogP contribution in [-0.2, 0) is 10.2 Å². The SMILES string of the molecule is COc1ccc(C2(C(=O)NN)CCC2)cc1Br. The lowest BCUT2D eigenvalue weighted by Crippen LogP contribution is -2.51. The summed E-state index contributed by atoms with van der Waals surface area (Å²) in [6.45, 7) is 0. The number of hydrazine groups is 1. The van der Waals surface area contributed by atoms with Crippen LogP contribution in [0, 0.1) is 0 Å². The molecule has 1 aromatic carbocycles. The van der Waals surface area contributed by atoms with Crippen molar-refractivity contribution in [1.29, 1.82) is 0 Å². The number of carbonyl (C=O) groups is 1. The number of ether oxygens (including phenoxy) is 1. The quantitative estimate of drug-likeness (QED) is 0.509. The molecule has 0 aliphatic heterocycles. The number of methoxy groups -OCH3 is 1. The van der Waals surface area contributed by atoms with Crippen molar-refractivity contribution in [3.05, 3.63) is 28.2 Å². The molecule has 0 heterocycles. The van der Waals surface area contributed by atoms with Crippen LogP contribution in [0.1, 0.15) is 24.8 Å². The van der Waals surface area contributed by atoms with Gasteiger partial charge in [0, 0.05) is 0 Å². The summed E-state index contributed by atoms with van der Waals surface area (Å²) in [4.78, 5) is 11.9. The molecule has 1 saturated carbocycles. The largest absolute Gasteiger partial charge is 0.496 e. The lowest BCUT2D eigenvalue weighted by molar-refractivity contribution is -0.130. The van der Waals surface area contributed by atoms with Gasteiger partial charge in [-0.15, -0.1) is 0 Å². The van der Waals surface area contributed by atoms with Gasteiger partial charge in [-0.25, -0.2) is 5.84 Å². The summed E-state index contributed by atoms with van der Waals surface area (Å²) in [5, 5.41) is 0. The number of hydrogen-bond donors (Lipinski definition) is 2. The Kier molecular flexibility index (Phi) is 3.40. The molecule has 0 atom stereocenters. The van der Waals surface area contributed by atoms with E-state index in [9.17, 15) is 4.79 Å². The molecule has 0 radical (unpaired) electrons. The topological polar surface area (TPSA) is 64.3 Å². The van der Waals surface area contributed by atoms with Crippen molar-refractivity contribution in [2.45, 2.75) is 24.7 Å². The number of hydrogen-bond acceptors (Lipinski definition) is 3. The van der Waals surface area contributed by atoms with E-state index in [2.05, 4.69) is 21.4 Å². The molecule has 0 bridgehead atoms. The smallest absolute Gasteiger partial charge is 0.244 e. The fraction of sp³-hybridized carbons (Fsp3) is 0.417. The Morgan fingerprint density at radius 3 is 2.65 bits per heavy atom. The number of nitrogens with one attached hydrogen (secondary N) is 1. The second-order valence-electron chi connectivity index (χ2n) is 4.26. The molecular weight excluding hydrogens is 284 g/mol. The lowest BCUT2D eigenvalue weighted by Gasteiger charge is -2.40. The second kappa shape index (κ2) is 4.66. The molecule has 2 rings (SSSR count). The molecule has 1 amide bonds. The number of benzene rings is 1. The fourth-order valence-electron chi connectivity index (χ4n) is 2.28. The highest BCUT2D eigenvalue weighted by atomic mass is 79.9. The van der Waals surface area contributed by atoms with Crippen LogP contribution in [0.15, 0.2) is 22.7 Å². The predicted octanol–water partition coefficient (Wildman–Crippen LogP) is 1.87. The third-order valence-electron chi connectivity index (χ3n) is 3.48. The van der Waals surface area contributed by atoms with Gasteiger partial charge in [0.25, 0.3) is 0 Å². The molecule has 1 aromatic rings. The standard InChI is InChI=1S/C12H15BrN2O2/c1-17-10-4-3-8(7-9(10)13)12(5-2-6-12)11(16)15-14/h3-4,7H,2,5-6,14H2,1H3,(H,15,16). The number of amides is 1. The molecule has 92 valence electrons. The average Bonchev–Trinajstić information content (AvgIpc) is 2.27. The van der Waals surface area contributed by atoms with Crippen LogP contribution in [0.4, 0.5) is 0 Å². The maximum absolute atomic E-state index is 11.9. The summed E-state index contributed by atoms with van der Waals surface area (Å²) in [5.41, 5.74) is 2.80. The zero-order chi connectivity index (χ0) is 12.5. The maximum atomic E-state index is 11.9. The van der Waals surface area contributed by atoms with Crippen LogP contribution in [-0.4, -0.2) is 13.0 Å². The molecular formula is C12H15BrN2O2.